The van der Waals surface area contributed by atoms with Gasteiger partial charge in [0.1, 0.15) is 5.60 Å². The van der Waals surface area contributed by atoms with Gasteiger partial charge in [-0.1, -0.05) is 36.2 Å². The molecule has 3 rings (SSSR count). The molecule has 1 amide bonds. The van der Waals surface area contributed by atoms with Crippen LogP contribution in [0.2, 0.25) is 10.0 Å². The lowest BCUT2D eigenvalue weighted by atomic mass is 9.88. The summed E-state index contributed by atoms with van der Waals surface area (Å²) in [4.78, 5) is 14.2. The zero-order valence-electron chi connectivity index (χ0n) is 16.6. The zero-order chi connectivity index (χ0) is 23.9. The van der Waals surface area contributed by atoms with Gasteiger partial charge >= 0.3 is 12.4 Å². The van der Waals surface area contributed by atoms with Crippen LogP contribution in [0.3, 0.4) is 0 Å². The number of hydrogen-bond donors (Lipinski definition) is 0. The van der Waals surface area contributed by atoms with Crippen LogP contribution in [0.4, 0.5) is 26.3 Å². The summed E-state index contributed by atoms with van der Waals surface area (Å²) in [6.45, 7) is 1.73. The summed E-state index contributed by atoms with van der Waals surface area (Å²) in [5.41, 5.74) is -4.25. The van der Waals surface area contributed by atoms with Crippen LogP contribution >= 0.6 is 23.2 Å². The van der Waals surface area contributed by atoms with Gasteiger partial charge in [-0.05, 0) is 42.3 Å². The van der Waals surface area contributed by atoms with Gasteiger partial charge < -0.3 is 9.64 Å². The third-order valence-electron chi connectivity index (χ3n) is 5.32. The smallest absolute Gasteiger partial charge is 0.367 e. The molecule has 0 radical (unpaired) electrons. The van der Waals surface area contributed by atoms with Crippen molar-refractivity contribution in [3.63, 3.8) is 0 Å². The van der Waals surface area contributed by atoms with Crippen molar-refractivity contribution in [2.24, 2.45) is 0 Å². The molecule has 1 fully saturated rings. The van der Waals surface area contributed by atoms with Gasteiger partial charge in [0.25, 0.3) is 5.91 Å². The Hall–Kier alpha value is -1.97. The van der Waals surface area contributed by atoms with Crippen molar-refractivity contribution in [2.45, 2.75) is 31.3 Å². The van der Waals surface area contributed by atoms with E-state index in [0.29, 0.717) is 29.1 Å². The van der Waals surface area contributed by atoms with Crippen molar-refractivity contribution in [3.05, 3.63) is 68.7 Å². The first kappa shape index (κ1) is 24.7. The van der Waals surface area contributed by atoms with Crippen LogP contribution in [0, 0.1) is 0 Å². The molecule has 1 heterocycles. The van der Waals surface area contributed by atoms with Gasteiger partial charge in [-0.25, -0.2) is 0 Å². The minimum atomic E-state index is -5.05. The predicted molar refractivity (Wildman–Crippen MR) is 107 cm³/mol. The van der Waals surface area contributed by atoms with E-state index in [1.807, 2.05) is 0 Å². The molecule has 174 valence electrons. The second-order valence-corrected chi connectivity index (χ2v) is 8.16. The summed E-state index contributed by atoms with van der Waals surface area (Å²) in [5, 5.41) is 0.547. The summed E-state index contributed by atoms with van der Waals surface area (Å²) >= 11 is 12.0. The van der Waals surface area contributed by atoms with E-state index in [1.165, 1.54) is 4.90 Å². The fourth-order valence-electron chi connectivity index (χ4n) is 3.59. The Morgan fingerprint density at radius 3 is 2.09 bits per heavy atom. The first-order valence-corrected chi connectivity index (χ1v) is 10.2. The van der Waals surface area contributed by atoms with Gasteiger partial charge in [0, 0.05) is 12.1 Å². The Labute approximate surface area is 189 Å². The van der Waals surface area contributed by atoms with E-state index in [9.17, 15) is 31.1 Å². The molecule has 0 saturated carbocycles. The predicted octanol–water partition coefficient (Wildman–Crippen LogP) is 6.81. The first-order chi connectivity index (χ1) is 14.8. The van der Waals surface area contributed by atoms with Crippen LogP contribution in [-0.4, -0.2) is 30.5 Å². The van der Waals surface area contributed by atoms with Crippen LogP contribution < -0.4 is 0 Å². The molecule has 0 spiro atoms. The number of carbonyl (C=O) groups is 1. The SMILES string of the molecule is CC[C@@]1(c2ccc(Cl)c(Cl)c2)CN(C(=O)c2cc(C(F)(F)F)cc(C(F)(F)F)c2)CCO1. The van der Waals surface area contributed by atoms with Crippen molar-refractivity contribution in [3.8, 4) is 0 Å². The molecular weight excluding hydrogens is 483 g/mol. The molecule has 1 atom stereocenters. The molecule has 11 heteroatoms. The van der Waals surface area contributed by atoms with Crippen LogP contribution in [0.1, 0.15) is 40.4 Å². The van der Waals surface area contributed by atoms with Crippen molar-refractivity contribution in [1.29, 1.82) is 0 Å². The largest absolute Gasteiger partial charge is 0.416 e. The highest BCUT2D eigenvalue weighted by Crippen LogP contribution is 2.39. The van der Waals surface area contributed by atoms with Gasteiger partial charge in [0.2, 0.25) is 0 Å². The topological polar surface area (TPSA) is 29.5 Å². The van der Waals surface area contributed by atoms with E-state index >= 15 is 0 Å². The van der Waals surface area contributed by atoms with E-state index in [0.717, 1.165) is 0 Å². The van der Waals surface area contributed by atoms with E-state index in [1.54, 1.807) is 25.1 Å². The normalized spacial score (nSPS) is 19.8. The van der Waals surface area contributed by atoms with Gasteiger partial charge in [0.15, 0.2) is 0 Å². The zero-order valence-corrected chi connectivity index (χ0v) is 18.1. The minimum Gasteiger partial charge on any atom is -0.367 e. The molecule has 32 heavy (non-hydrogen) atoms. The Balaban J connectivity index is 1.99. The van der Waals surface area contributed by atoms with Gasteiger partial charge in [0.05, 0.1) is 34.3 Å². The van der Waals surface area contributed by atoms with Gasteiger partial charge in [-0.3, -0.25) is 4.79 Å². The number of alkyl halides is 6. The molecule has 1 aliphatic heterocycles. The molecule has 0 aromatic heterocycles. The highest BCUT2D eigenvalue weighted by molar-refractivity contribution is 6.42. The Kier molecular flexibility index (Phi) is 6.75. The van der Waals surface area contributed by atoms with Crippen LogP contribution in [0.25, 0.3) is 0 Å². The number of benzene rings is 2. The molecule has 1 saturated heterocycles. The Morgan fingerprint density at radius 2 is 1.59 bits per heavy atom. The molecule has 0 bridgehead atoms. The Bertz CT molecular complexity index is 992. The number of halogens is 8. The fraction of sp³-hybridized carbons (Fsp3) is 0.381. The van der Waals surface area contributed by atoms with Crippen molar-refractivity contribution < 1.29 is 35.9 Å². The third kappa shape index (κ3) is 5.00. The summed E-state index contributed by atoms with van der Waals surface area (Å²) in [6.07, 6.45) is -9.73. The number of nitrogens with zero attached hydrogens (tertiary/aromatic N) is 1. The standard InChI is InChI=1S/C21H17Cl2F6NO2/c1-2-19(13-3-4-16(22)17(23)10-13)11-30(5-6-32-19)18(31)12-7-14(20(24,25)26)9-15(8-12)21(27,28)29/h3-4,7-10H,2,5-6,11H2,1H3/t19-/m0/s1. The number of hydrogen-bond acceptors (Lipinski definition) is 2. The highest BCUT2D eigenvalue weighted by atomic mass is 35.5. The molecule has 2 aromatic rings. The maximum Gasteiger partial charge on any atom is 0.416 e. The van der Waals surface area contributed by atoms with E-state index in [2.05, 4.69) is 0 Å². The average Bonchev–Trinajstić information content (AvgIpc) is 2.73. The maximum absolute atomic E-state index is 13.2. The van der Waals surface area contributed by atoms with Gasteiger partial charge in [-0.2, -0.15) is 26.3 Å². The second-order valence-electron chi connectivity index (χ2n) is 7.35. The second kappa shape index (κ2) is 8.76. The van der Waals surface area contributed by atoms with E-state index < -0.39 is 40.6 Å². The highest BCUT2D eigenvalue weighted by Gasteiger charge is 2.41. The van der Waals surface area contributed by atoms with Gasteiger partial charge in [-0.15, -0.1) is 0 Å². The van der Waals surface area contributed by atoms with Crippen molar-refractivity contribution in [1.82, 2.24) is 4.90 Å². The number of carbonyl (C=O) groups excluding carboxylic acids is 1. The van der Waals surface area contributed by atoms with Crippen LogP contribution in [0.15, 0.2) is 36.4 Å². The number of amides is 1. The molecule has 1 aliphatic rings. The molecular formula is C21H17Cl2F6NO2. The van der Waals surface area contributed by atoms with Crippen molar-refractivity contribution >= 4 is 29.1 Å². The minimum absolute atomic E-state index is 0.000494. The maximum atomic E-state index is 13.2. The molecule has 3 nitrogen and oxygen atoms in total. The molecule has 0 unspecified atom stereocenters. The summed E-state index contributed by atoms with van der Waals surface area (Å²) < 4.78 is 85.0. The summed E-state index contributed by atoms with van der Waals surface area (Å²) in [6, 6.07) is 5.61. The third-order valence-corrected chi connectivity index (χ3v) is 6.06. The van der Waals surface area contributed by atoms with E-state index in [-0.39, 0.29) is 30.8 Å². The summed E-state index contributed by atoms with van der Waals surface area (Å²) in [7, 11) is 0. The quantitative estimate of drug-likeness (QED) is 0.434. The van der Waals surface area contributed by atoms with Crippen LogP contribution in [0.5, 0.6) is 0 Å². The molecule has 0 aliphatic carbocycles. The van der Waals surface area contributed by atoms with Crippen molar-refractivity contribution in [2.75, 3.05) is 19.7 Å². The summed E-state index contributed by atoms with van der Waals surface area (Å²) in [5.74, 6) is -0.956. The Morgan fingerprint density at radius 1 is 1.00 bits per heavy atom. The number of morpholine rings is 1. The first-order valence-electron chi connectivity index (χ1n) is 9.45. The fourth-order valence-corrected chi connectivity index (χ4v) is 3.89. The lowest BCUT2D eigenvalue weighted by Gasteiger charge is -2.43. The number of ether oxygens (including phenoxy) is 1. The lowest BCUT2D eigenvalue weighted by molar-refractivity contribution is -0.143. The van der Waals surface area contributed by atoms with Crippen LogP contribution in [-0.2, 0) is 22.7 Å². The monoisotopic (exact) mass is 499 g/mol. The molecule has 0 N–H and O–H groups in total. The average molecular weight is 500 g/mol. The van der Waals surface area contributed by atoms with E-state index in [4.69, 9.17) is 27.9 Å². The lowest BCUT2D eigenvalue weighted by Crippen LogP contribution is -2.51. The number of rotatable bonds is 3. The molecule has 2 aromatic carbocycles.